The Kier molecular flexibility index (Phi) is 3.98. The summed E-state index contributed by atoms with van der Waals surface area (Å²) in [6, 6.07) is 8.16. The van der Waals surface area contributed by atoms with Gasteiger partial charge in [-0.3, -0.25) is 0 Å². The monoisotopic (exact) mass is 317 g/mol. The first kappa shape index (κ1) is 14.2. The second kappa shape index (κ2) is 5.91. The number of anilines is 1. The van der Waals surface area contributed by atoms with E-state index in [1.54, 1.807) is 11.8 Å². The summed E-state index contributed by atoms with van der Waals surface area (Å²) >= 11 is 3.33. The molecular formula is C15H15N3OS2. The van der Waals surface area contributed by atoms with E-state index >= 15 is 0 Å². The van der Waals surface area contributed by atoms with E-state index in [0.29, 0.717) is 17.4 Å². The van der Waals surface area contributed by atoms with Crippen LogP contribution in [-0.4, -0.2) is 15.9 Å². The summed E-state index contributed by atoms with van der Waals surface area (Å²) in [7, 11) is 0. The molecule has 0 unspecified atom stereocenters. The summed E-state index contributed by atoms with van der Waals surface area (Å²) < 4.78 is 5.34. The van der Waals surface area contributed by atoms with Gasteiger partial charge in [0.1, 0.15) is 4.88 Å². The van der Waals surface area contributed by atoms with E-state index in [1.165, 1.54) is 16.2 Å². The topological polar surface area (TPSA) is 64.9 Å². The Bertz CT molecular complexity index is 747. The summed E-state index contributed by atoms with van der Waals surface area (Å²) in [5.41, 5.74) is 8.71. The first-order valence-electron chi connectivity index (χ1n) is 6.60. The van der Waals surface area contributed by atoms with Crippen molar-refractivity contribution in [3.8, 4) is 22.2 Å². The Morgan fingerprint density at radius 2 is 2.05 bits per heavy atom. The van der Waals surface area contributed by atoms with Crippen LogP contribution in [0.2, 0.25) is 0 Å². The Labute approximate surface area is 131 Å². The zero-order valence-electron chi connectivity index (χ0n) is 11.8. The standard InChI is InChI=1S/C15H15N3OS2/c1-3-20-11-6-4-10(5-7-11)14-17-15(19-18-14)13-12(16)9(2)8-21-13/h4-8H,3,16H2,1-2H3. The van der Waals surface area contributed by atoms with Gasteiger partial charge in [0.05, 0.1) is 5.69 Å². The van der Waals surface area contributed by atoms with E-state index < -0.39 is 0 Å². The minimum atomic E-state index is 0.479. The van der Waals surface area contributed by atoms with Crippen molar-refractivity contribution in [2.45, 2.75) is 18.7 Å². The molecule has 0 aliphatic rings. The molecule has 0 bridgehead atoms. The molecule has 4 nitrogen and oxygen atoms in total. The molecule has 2 aromatic heterocycles. The normalized spacial score (nSPS) is 11.0. The van der Waals surface area contributed by atoms with Gasteiger partial charge >= 0.3 is 0 Å². The van der Waals surface area contributed by atoms with Gasteiger partial charge in [0.15, 0.2) is 0 Å². The number of benzene rings is 1. The quantitative estimate of drug-likeness (QED) is 0.719. The molecule has 0 fully saturated rings. The maximum Gasteiger partial charge on any atom is 0.270 e. The lowest BCUT2D eigenvalue weighted by Gasteiger charge is -1.98. The average Bonchev–Trinajstić information content (AvgIpc) is 3.09. The fraction of sp³-hybridized carbons (Fsp3) is 0.200. The number of aromatic nitrogens is 2. The Hall–Kier alpha value is -1.79. The minimum absolute atomic E-state index is 0.479. The molecule has 3 aromatic rings. The summed E-state index contributed by atoms with van der Waals surface area (Å²) in [5.74, 6) is 2.12. The first-order valence-corrected chi connectivity index (χ1v) is 8.46. The van der Waals surface area contributed by atoms with Crippen LogP contribution in [0.5, 0.6) is 0 Å². The zero-order valence-corrected chi connectivity index (χ0v) is 13.4. The second-order valence-electron chi connectivity index (χ2n) is 4.54. The summed E-state index contributed by atoms with van der Waals surface area (Å²) in [6.45, 7) is 4.11. The third-order valence-corrected chi connectivity index (χ3v) is 5.06. The van der Waals surface area contributed by atoms with Crippen molar-refractivity contribution in [2.24, 2.45) is 0 Å². The van der Waals surface area contributed by atoms with Gasteiger partial charge in [-0.1, -0.05) is 12.1 Å². The van der Waals surface area contributed by atoms with Crippen molar-refractivity contribution >= 4 is 28.8 Å². The molecule has 21 heavy (non-hydrogen) atoms. The third-order valence-electron chi connectivity index (χ3n) is 3.07. The van der Waals surface area contributed by atoms with Crippen LogP contribution < -0.4 is 5.73 Å². The molecule has 0 saturated carbocycles. The van der Waals surface area contributed by atoms with Gasteiger partial charge in [0.2, 0.25) is 5.82 Å². The van der Waals surface area contributed by atoms with Crippen LogP contribution in [-0.2, 0) is 0 Å². The summed E-state index contributed by atoms with van der Waals surface area (Å²) in [6.07, 6.45) is 0. The van der Waals surface area contributed by atoms with E-state index in [2.05, 4.69) is 29.2 Å². The van der Waals surface area contributed by atoms with E-state index in [-0.39, 0.29) is 0 Å². The largest absolute Gasteiger partial charge is 0.397 e. The number of nitrogens with two attached hydrogens (primary N) is 1. The van der Waals surface area contributed by atoms with Crippen molar-refractivity contribution in [2.75, 3.05) is 11.5 Å². The van der Waals surface area contributed by atoms with Gasteiger partial charge in [0, 0.05) is 10.5 Å². The third kappa shape index (κ3) is 2.82. The van der Waals surface area contributed by atoms with E-state index in [4.69, 9.17) is 10.3 Å². The number of rotatable bonds is 4. The van der Waals surface area contributed by atoms with Gasteiger partial charge in [-0.25, -0.2) is 0 Å². The van der Waals surface area contributed by atoms with E-state index in [0.717, 1.165) is 21.8 Å². The predicted octanol–water partition coefficient (Wildman–Crippen LogP) is 4.47. The number of hydrogen-bond donors (Lipinski definition) is 1. The molecule has 3 rings (SSSR count). The number of aryl methyl sites for hydroxylation is 1. The molecular weight excluding hydrogens is 302 g/mol. The number of nitrogens with zero attached hydrogens (tertiary/aromatic N) is 2. The first-order chi connectivity index (χ1) is 10.2. The summed E-state index contributed by atoms with van der Waals surface area (Å²) in [5, 5.41) is 6.04. The van der Waals surface area contributed by atoms with E-state index in [9.17, 15) is 0 Å². The molecule has 0 aliphatic heterocycles. The molecule has 0 amide bonds. The highest BCUT2D eigenvalue weighted by Crippen LogP contribution is 2.34. The van der Waals surface area contributed by atoms with Gasteiger partial charge in [-0.05, 0) is 47.9 Å². The molecule has 6 heteroatoms. The van der Waals surface area contributed by atoms with Crippen LogP contribution >= 0.6 is 23.1 Å². The van der Waals surface area contributed by atoms with Gasteiger partial charge in [-0.2, -0.15) is 4.98 Å². The highest BCUT2D eigenvalue weighted by molar-refractivity contribution is 7.99. The number of nitrogen functional groups attached to an aromatic ring is 1. The maximum atomic E-state index is 6.02. The number of thioether (sulfide) groups is 1. The van der Waals surface area contributed by atoms with Gasteiger partial charge in [0.25, 0.3) is 5.89 Å². The van der Waals surface area contributed by atoms with Crippen LogP contribution in [0.15, 0.2) is 39.1 Å². The van der Waals surface area contributed by atoms with E-state index in [1.807, 2.05) is 24.4 Å². The lowest BCUT2D eigenvalue weighted by atomic mass is 10.2. The smallest absolute Gasteiger partial charge is 0.270 e. The van der Waals surface area contributed by atoms with Gasteiger partial charge < -0.3 is 10.3 Å². The molecule has 2 N–H and O–H groups in total. The average molecular weight is 317 g/mol. The van der Waals surface area contributed by atoms with Crippen LogP contribution in [0.25, 0.3) is 22.2 Å². The second-order valence-corrected chi connectivity index (χ2v) is 6.76. The molecule has 0 atom stereocenters. The van der Waals surface area contributed by atoms with Crippen molar-refractivity contribution in [3.63, 3.8) is 0 Å². The van der Waals surface area contributed by atoms with Gasteiger partial charge in [-0.15, -0.1) is 23.1 Å². The van der Waals surface area contributed by atoms with Crippen molar-refractivity contribution in [3.05, 3.63) is 35.2 Å². The van der Waals surface area contributed by atoms with Crippen LogP contribution in [0.3, 0.4) is 0 Å². The predicted molar refractivity (Wildman–Crippen MR) is 88.6 cm³/mol. The lowest BCUT2D eigenvalue weighted by Crippen LogP contribution is -1.87. The molecule has 0 spiro atoms. The molecule has 0 radical (unpaired) electrons. The SMILES string of the molecule is CCSc1ccc(-c2noc(-c3scc(C)c3N)n2)cc1. The Morgan fingerprint density at radius 3 is 2.67 bits per heavy atom. The zero-order chi connectivity index (χ0) is 14.8. The van der Waals surface area contributed by atoms with Crippen molar-refractivity contribution in [1.82, 2.24) is 10.1 Å². The number of thiophene rings is 1. The van der Waals surface area contributed by atoms with Crippen LogP contribution in [0.1, 0.15) is 12.5 Å². The molecule has 108 valence electrons. The molecule has 0 aliphatic carbocycles. The Balaban J connectivity index is 1.89. The number of hydrogen-bond acceptors (Lipinski definition) is 6. The Morgan fingerprint density at radius 1 is 1.29 bits per heavy atom. The molecule has 2 heterocycles. The highest BCUT2D eigenvalue weighted by atomic mass is 32.2. The minimum Gasteiger partial charge on any atom is -0.397 e. The maximum absolute atomic E-state index is 6.02. The van der Waals surface area contributed by atoms with Crippen molar-refractivity contribution in [1.29, 1.82) is 0 Å². The molecule has 1 aromatic carbocycles. The fourth-order valence-electron chi connectivity index (χ4n) is 1.92. The van der Waals surface area contributed by atoms with Crippen LogP contribution in [0.4, 0.5) is 5.69 Å². The molecule has 0 saturated heterocycles. The lowest BCUT2D eigenvalue weighted by molar-refractivity contribution is 0.433. The summed E-state index contributed by atoms with van der Waals surface area (Å²) in [4.78, 5) is 6.52. The van der Waals surface area contributed by atoms with Crippen LogP contribution in [0, 0.1) is 6.92 Å². The van der Waals surface area contributed by atoms with Crippen molar-refractivity contribution < 1.29 is 4.52 Å². The highest BCUT2D eigenvalue weighted by Gasteiger charge is 2.15. The fourth-order valence-corrected chi connectivity index (χ4v) is 3.47.